The van der Waals surface area contributed by atoms with Gasteiger partial charge in [0.1, 0.15) is 5.82 Å². The van der Waals surface area contributed by atoms with E-state index in [1.54, 1.807) is 13.0 Å². The van der Waals surface area contributed by atoms with Gasteiger partial charge in [0.05, 0.1) is 12.0 Å². The van der Waals surface area contributed by atoms with Crippen LogP contribution in [0.3, 0.4) is 0 Å². The summed E-state index contributed by atoms with van der Waals surface area (Å²) in [6.45, 7) is 3.09. The molecule has 0 fully saturated rings. The fraction of sp³-hybridized carbons (Fsp3) is 0.417. The van der Waals surface area contributed by atoms with Crippen molar-refractivity contribution < 1.29 is 19.4 Å². The summed E-state index contributed by atoms with van der Waals surface area (Å²) >= 11 is 0. The van der Waals surface area contributed by atoms with E-state index in [1.165, 1.54) is 25.1 Å². The van der Waals surface area contributed by atoms with Gasteiger partial charge in [-0.15, -0.1) is 0 Å². The van der Waals surface area contributed by atoms with Crippen molar-refractivity contribution in [1.82, 2.24) is 0 Å². The van der Waals surface area contributed by atoms with Gasteiger partial charge in [-0.2, -0.15) is 0 Å². The number of rotatable bonds is 4. The second-order valence-electron chi connectivity index (χ2n) is 3.95. The molecule has 0 aliphatic heterocycles. The van der Waals surface area contributed by atoms with E-state index in [4.69, 9.17) is 5.11 Å². The Morgan fingerprint density at radius 1 is 1.31 bits per heavy atom. The maximum Gasteiger partial charge on any atom is 0.306 e. The summed E-state index contributed by atoms with van der Waals surface area (Å²) in [5.74, 6) is -2.79. The zero-order valence-corrected chi connectivity index (χ0v) is 9.22. The molecule has 16 heavy (non-hydrogen) atoms. The summed E-state index contributed by atoms with van der Waals surface area (Å²) in [5, 5.41) is 18.7. The summed E-state index contributed by atoms with van der Waals surface area (Å²) in [4.78, 5) is 10.8. The zero-order chi connectivity index (χ0) is 12.3. The molecule has 1 aromatic carbocycles. The molecular weight excluding hydrogens is 211 g/mol. The van der Waals surface area contributed by atoms with Crippen molar-refractivity contribution in [2.75, 3.05) is 0 Å². The van der Waals surface area contributed by atoms with Crippen LogP contribution in [-0.2, 0) is 4.79 Å². The van der Waals surface area contributed by atoms with Crippen LogP contribution in [0.1, 0.15) is 25.5 Å². The molecule has 3 nitrogen and oxygen atoms in total. The average molecular weight is 226 g/mol. The van der Waals surface area contributed by atoms with Crippen molar-refractivity contribution in [2.45, 2.75) is 20.0 Å². The molecule has 0 radical (unpaired) electrons. The Hall–Kier alpha value is -1.42. The molecule has 1 rings (SSSR count). The first-order valence-corrected chi connectivity index (χ1v) is 5.10. The molecule has 0 saturated carbocycles. The van der Waals surface area contributed by atoms with E-state index in [-0.39, 0.29) is 5.56 Å². The minimum absolute atomic E-state index is 0.142. The van der Waals surface area contributed by atoms with E-state index in [0.717, 1.165) is 0 Å². The Balaban J connectivity index is 2.90. The predicted molar refractivity (Wildman–Crippen MR) is 57.3 cm³/mol. The van der Waals surface area contributed by atoms with Gasteiger partial charge in [0, 0.05) is 5.56 Å². The molecule has 0 aliphatic carbocycles. The average Bonchev–Trinajstić information content (AvgIpc) is 2.26. The molecule has 0 bridgehead atoms. The van der Waals surface area contributed by atoms with Gasteiger partial charge in [0.15, 0.2) is 0 Å². The van der Waals surface area contributed by atoms with Crippen LogP contribution in [0.4, 0.5) is 4.39 Å². The highest BCUT2D eigenvalue weighted by Gasteiger charge is 2.28. The molecule has 3 atom stereocenters. The SMILES string of the molecule is CC(C(=O)O)C(C)C(O)c1ccccc1F. The molecule has 0 aromatic heterocycles. The monoisotopic (exact) mass is 226 g/mol. The van der Waals surface area contributed by atoms with E-state index in [2.05, 4.69) is 0 Å². The molecule has 4 heteroatoms. The molecule has 0 aliphatic rings. The van der Waals surface area contributed by atoms with E-state index in [1.807, 2.05) is 0 Å². The van der Waals surface area contributed by atoms with Crippen LogP contribution in [0.15, 0.2) is 24.3 Å². The maximum atomic E-state index is 13.4. The fourth-order valence-corrected chi connectivity index (χ4v) is 1.50. The van der Waals surface area contributed by atoms with Crippen molar-refractivity contribution in [1.29, 1.82) is 0 Å². The summed E-state index contributed by atoms with van der Waals surface area (Å²) < 4.78 is 13.4. The third-order valence-corrected chi connectivity index (χ3v) is 2.90. The summed E-state index contributed by atoms with van der Waals surface area (Å²) in [5.41, 5.74) is 0.142. The Kier molecular flexibility index (Phi) is 4.01. The van der Waals surface area contributed by atoms with Gasteiger partial charge in [-0.25, -0.2) is 4.39 Å². The Morgan fingerprint density at radius 2 is 1.88 bits per heavy atom. The quantitative estimate of drug-likeness (QED) is 0.827. The van der Waals surface area contributed by atoms with E-state index in [9.17, 15) is 14.3 Å². The smallest absolute Gasteiger partial charge is 0.306 e. The highest BCUT2D eigenvalue weighted by atomic mass is 19.1. The van der Waals surface area contributed by atoms with Gasteiger partial charge < -0.3 is 10.2 Å². The van der Waals surface area contributed by atoms with E-state index < -0.39 is 29.7 Å². The van der Waals surface area contributed by atoms with Gasteiger partial charge in [-0.1, -0.05) is 32.0 Å². The lowest BCUT2D eigenvalue weighted by molar-refractivity contribution is -0.144. The molecule has 0 spiro atoms. The minimum Gasteiger partial charge on any atom is -0.481 e. The summed E-state index contributed by atoms with van der Waals surface area (Å²) in [6, 6.07) is 5.85. The first-order valence-electron chi connectivity index (χ1n) is 5.10. The van der Waals surface area contributed by atoms with Gasteiger partial charge >= 0.3 is 5.97 Å². The normalized spacial score (nSPS) is 16.5. The highest BCUT2D eigenvalue weighted by molar-refractivity contribution is 5.69. The predicted octanol–water partition coefficient (Wildman–Crippen LogP) is 2.22. The van der Waals surface area contributed by atoms with Crippen LogP contribution in [0, 0.1) is 17.7 Å². The third kappa shape index (κ3) is 2.58. The van der Waals surface area contributed by atoms with Gasteiger partial charge in [0.25, 0.3) is 0 Å². The number of hydrogen-bond acceptors (Lipinski definition) is 2. The number of benzene rings is 1. The maximum absolute atomic E-state index is 13.4. The van der Waals surface area contributed by atoms with Gasteiger partial charge in [-0.3, -0.25) is 4.79 Å². The largest absolute Gasteiger partial charge is 0.481 e. The number of carboxylic acids is 1. The van der Waals surface area contributed by atoms with Gasteiger partial charge in [-0.05, 0) is 12.0 Å². The first kappa shape index (κ1) is 12.6. The fourth-order valence-electron chi connectivity index (χ4n) is 1.50. The standard InChI is InChI=1S/C12H15FO3/c1-7(8(2)12(15)16)11(14)9-5-3-4-6-10(9)13/h3-8,11,14H,1-2H3,(H,15,16). The Bertz CT molecular complexity index is 378. The third-order valence-electron chi connectivity index (χ3n) is 2.90. The van der Waals surface area contributed by atoms with E-state index in [0.29, 0.717) is 0 Å². The molecule has 88 valence electrons. The lowest BCUT2D eigenvalue weighted by Crippen LogP contribution is -2.24. The lowest BCUT2D eigenvalue weighted by Gasteiger charge is -2.22. The number of hydrogen-bond donors (Lipinski definition) is 2. The van der Waals surface area contributed by atoms with Crippen LogP contribution in [-0.4, -0.2) is 16.2 Å². The number of aliphatic hydroxyl groups excluding tert-OH is 1. The number of aliphatic carboxylic acids is 1. The van der Waals surface area contributed by atoms with Crippen molar-refractivity contribution in [3.05, 3.63) is 35.6 Å². The second kappa shape index (κ2) is 5.07. The van der Waals surface area contributed by atoms with Crippen LogP contribution in [0.2, 0.25) is 0 Å². The number of carbonyl (C=O) groups is 1. The Morgan fingerprint density at radius 3 is 2.38 bits per heavy atom. The number of aliphatic hydroxyl groups is 1. The van der Waals surface area contributed by atoms with Crippen LogP contribution in [0.5, 0.6) is 0 Å². The summed E-state index contributed by atoms with van der Waals surface area (Å²) in [6.07, 6.45) is -1.10. The van der Waals surface area contributed by atoms with Crippen LogP contribution < -0.4 is 0 Å². The number of carboxylic acid groups (broad SMARTS) is 1. The molecule has 1 aromatic rings. The highest BCUT2D eigenvalue weighted by Crippen LogP contribution is 2.29. The number of halogens is 1. The zero-order valence-electron chi connectivity index (χ0n) is 9.22. The summed E-state index contributed by atoms with van der Waals surface area (Å²) in [7, 11) is 0. The van der Waals surface area contributed by atoms with Crippen molar-refractivity contribution >= 4 is 5.97 Å². The van der Waals surface area contributed by atoms with Crippen molar-refractivity contribution in [3.8, 4) is 0 Å². The van der Waals surface area contributed by atoms with Crippen LogP contribution >= 0.6 is 0 Å². The molecule has 2 N–H and O–H groups in total. The lowest BCUT2D eigenvalue weighted by atomic mass is 9.87. The Labute approximate surface area is 93.5 Å². The second-order valence-corrected chi connectivity index (χ2v) is 3.95. The van der Waals surface area contributed by atoms with Crippen LogP contribution in [0.25, 0.3) is 0 Å². The molecule has 0 amide bonds. The molecule has 3 unspecified atom stereocenters. The van der Waals surface area contributed by atoms with Crippen molar-refractivity contribution in [3.63, 3.8) is 0 Å². The topological polar surface area (TPSA) is 57.5 Å². The minimum atomic E-state index is -1.10. The first-order chi connectivity index (χ1) is 7.45. The molecule has 0 heterocycles. The van der Waals surface area contributed by atoms with Gasteiger partial charge in [0.2, 0.25) is 0 Å². The molecule has 0 saturated heterocycles. The van der Waals surface area contributed by atoms with Crippen molar-refractivity contribution in [2.24, 2.45) is 11.8 Å². The molecular formula is C12H15FO3. The van der Waals surface area contributed by atoms with E-state index >= 15 is 0 Å².